The summed E-state index contributed by atoms with van der Waals surface area (Å²) in [5.41, 5.74) is 0.989. The van der Waals surface area contributed by atoms with Crippen molar-refractivity contribution in [3.05, 3.63) is 23.5 Å². The number of carbonyl (C=O) groups is 2. The largest absolute Gasteiger partial charge is 0.465 e. The van der Waals surface area contributed by atoms with E-state index in [1.165, 1.54) is 19.2 Å². The highest BCUT2D eigenvalue weighted by Crippen LogP contribution is 2.26. The normalized spacial score (nSPS) is 12.1. The zero-order valence-electron chi connectivity index (χ0n) is 17.1. The number of esters is 1. The highest BCUT2D eigenvalue weighted by molar-refractivity contribution is 6.06. The molecule has 0 bridgehead atoms. The zero-order valence-corrected chi connectivity index (χ0v) is 17.1. The molecule has 1 amide bonds. The quantitative estimate of drug-likeness (QED) is 0.646. The number of amides is 1. The summed E-state index contributed by atoms with van der Waals surface area (Å²) in [5, 5.41) is 4.57. The number of fused-ring (bicyclic) bond motifs is 1. The minimum Gasteiger partial charge on any atom is -0.465 e. The average Bonchev–Trinajstić information content (AvgIpc) is 3.02. The summed E-state index contributed by atoms with van der Waals surface area (Å²) in [4.78, 5) is 29.9. The summed E-state index contributed by atoms with van der Waals surface area (Å²) in [6.07, 6.45) is -3.26. The molecular formula is C19H25F3N4O3. The number of carbonyl (C=O) groups excluding carboxylic acids is 2. The Morgan fingerprint density at radius 1 is 1.24 bits per heavy atom. The molecule has 2 heterocycles. The van der Waals surface area contributed by atoms with Crippen LogP contribution in [0.15, 0.2) is 12.3 Å². The maximum atomic E-state index is 13.1. The van der Waals surface area contributed by atoms with E-state index in [4.69, 9.17) is 4.74 Å². The van der Waals surface area contributed by atoms with Crippen LogP contribution in [-0.4, -0.2) is 57.4 Å². The van der Waals surface area contributed by atoms with E-state index in [0.717, 1.165) is 0 Å². The van der Waals surface area contributed by atoms with Gasteiger partial charge in [-0.05, 0) is 32.8 Å². The lowest BCUT2D eigenvalue weighted by molar-refractivity contribution is -0.153. The maximum absolute atomic E-state index is 13.1. The molecule has 0 aromatic carbocycles. The van der Waals surface area contributed by atoms with E-state index in [1.54, 1.807) is 4.68 Å². The topological polar surface area (TPSA) is 77.3 Å². The lowest BCUT2D eigenvalue weighted by Gasteiger charge is -2.23. The summed E-state index contributed by atoms with van der Waals surface area (Å²) < 4.78 is 45.6. The van der Waals surface area contributed by atoms with Crippen molar-refractivity contribution in [2.75, 3.05) is 19.7 Å². The maximum Gasteiger partial charge on any atom is 0.406 e. The third-order valence-electron chi connectivity index (χ3n) is 4.18. The molecule has 10 heteroatoms. The smallest absolute Gasteiger partial charge is 0.406 e. The standard InChI is InChI=1S/C19H25F3N4O3/c1-6-29-16(27)9-25(10-19(20,21)22)18(28)13-7-15(11(2)3)24-17-14(13)8-23-26(17)12(4)5/h7-8,11-12H,6,9-10H2,1-5H3. The number of hydrogen-bond donors (Lipinski definition) is 0. The van der Waals surface area contributed by atoms with Crippen molar-refractivity contribution in [1.29, 1.82) is 0 Å². The van der Waals surface area contributed by atoms with Gasteiger partial charge in [0, 0.05) is 11.7 Å². The summed E-state index contributed by atoms with van der Waals surface area (Å²) in [6, 6.07) is 1.41. The van der Waals surface area contributed by atoms with Gasteiger partial charge in [0.05, 0.1) is 23.8 Å². The number of hydrogen-bond acceptors (Lipinski definition) is 5. The van der Waals surface area contributed by atoms with Gasteiger partial charge in [-0.3, -0.25) is 9.59 Å². The van der Waals surface area contributed by atoms with Crippen LogP contribution in [0.5, 0.6) is 0 Å². The molecule has 29 heavy (non-hydrogen) atoms. The van der Waals surface area contributed by atoms with Crippen LogP contribution in [0.3, 0.4) is 0 Å². The van der Waals surface area contributed by atoms with Crippen molar-refractivity contribution in [3.63, 3.8) is 0 Å². The van der Waals surface area contributed by atoms with E-state index >= 15 is 0 Å². The van der Waals surface area contributed by atoms with Crippen LogP contribution < -0.4 is 0 Å². The summed E-state index contributed by atoms with van der Waals surface area (Å²) in [5.74, 6) is -1.90. The third kappa shape index (κ3) is 5.45. The predicted molar refractivity (Wildman–Crippen MR) is 101 cm³/mol. The molecule has 0 radical (unpaired) electrons. The van der Waals surface area contributed by atoms with Crippen molar-refractivity contribution in [2.24, 2.45) is 0 Å². The first-order chi connectivity index (χ1) is 13.4. The number of nitrogens with zero attached hydrogens (tertiary/aromatic N) is 4. The van der Waals surface area contributed by atoms with E-state index in [9.17, 15) is 22.8 Å². The minimum atomic E-state index is -4.67. The molecule has 0 unspecified atom stereocenters. The molecular weight excluding hydrogens is 389 g/mol. The highest BCUT2D eigenvalue weighted by atomic mass is 19.4. The lowest BCUT2D eigenvalue weighted by atomic mass is 10.0. The highest BCUT2D eigenvalue weighted by Gasteiger charge is 2.35. The Kier molecular flexibility index (Phi) is 6.86. The Morgan fingerprint density at radius 2 is 1.90 bits per heavy atom. The Morgan fingerprint density at radius 3 is 2.41 bits per heavy atom. The van der Waals surface area contributed by atoms with Crippen molar-refractivity contribution < 1.29 is 27.5 Å². The van der Waals surface area contributed by atoms with Gasteiger partial charge in [0.1, 0.15) is 13.1 Å². The second-order valence-electron chi connectivity index (χ2n) is 7.25. The molecule has 0 aliphatic carbocycles. The molecule has 160 valence electrons. The molecule has 0 saturated heterocycles. The molecule has 2 aromatic heterocycles. The van der Waals surface area contributed by atoms with Crippen molar-refractivity contribution in [2.45, 2.75) is 52.8 Å². The molecule has 7 nitrogen and oxygen atoms in total. The van der Waals surface area contributed by atoms with Gasteiger partial charge >= 0.3 is 12.1 Å². The van der Waals surface area contributed by atoms with Gasteiger partial charge in [0.15, 0.2) is 5.65 Å². The lowest BCUT2D eigenvalue weighted by Crippen LogP contribution is -2.42. The number of ether oxygens (including phenoxy) is 1. The van der Waals surface area contributed by atoms with Crippen LogP contribution in [0.2, 0.25) is 0 Å². The van der Waals surface area contributed by atoms with Crippen LogP contribution in [-0.2, 0) is 9.53 Å². The predicted octanol–water partition coefficient (Wildman–Crippen LogP) is 3.70. The first kappa shape index (κ1) is 22.6. The van der Waals surface area contributed by atoms with E-state index < -0.39 is 31.1 Å². The zero-order chi connectivity index (χ0) is 21.9. The van der Waals surface area contributed by atoms with Gasteiger partial charge in [0.25, 0.3) is 5.91 Å². The van der Waals surface area contributed by atoms with E-state index in [0.29, 0.717) is 21.6 Å². The first-order valence-electron chi connectivity index (χ1n) is 9.34. The van der Waals surface area contributed by atoms with Crippen molar-refractivity contribution in [3.8, 4) is 0 Å². The van der Waals surface area contributed by atoms with Gasteiger partial charge in [0.2, 0.25) is 0 Å². The fourth-order valence-electron chi connectivity index (χ4n) is 2.84. The third-order valence-corrected chi connectivity index (χ3v) is 4.18. The Labute approximate surface area is 166 Å². The number of halogens is 3. The second kappa shape index (κ2) is 8.79. The van der Waals surface area contributed by atoms with Crippen LogP contribution in [0.4, 0.5) is 13.2 Å². The van der Waals surface area contributed by atoms with Gasteiger partial charge in [-0.1, -0.05) is 13.8 Å². The summed E-state index contributed by atoms with van der Waals surface area (Å²) in [6.45, 7) is 6.67. The number of pyridine rings is 1. The van der Waals surface area contributed by atoms with Gasteiger partial charge in [-0.2, -0.15) is 18.3 Å². The number of aromatic nitrogens is 3. The SMILES string of the molecule is CCOC(=O)CN(CC(F)(F)F)C(=O)c1cc(C(C)C)nc2c1cnn2C(C)C. The number of rotatable bonds is 7. The Hall–Kier alpha value is -2.65. The molecule has 0 fully saturated rings. The summed E-state index contributed by atoms with van der Waals surface area (Å²) >= 11 is 0. The van der Waals surface area contributed by atoms with E-state index in [1.807, 2.05) is 27.7 Å². The number of alkyl halides is 3. The van der Waals surface area contributed by atoms with Gasteiger partial charge in [-0.25, -0.2) is 9.67 Å². The molecule has 2 aromatic rings. The van der Waals surface area contributed by atoms with Crippen molar-refractivity contribution >= 4 is 22.9 Å². The van der Waals surface area contributed by atoms with Crippen LogP contribution >= 0.6 is 0 Å². The molecule has 0 aliphatic rings. The Balaban J connectivity index is 2.58. The van der Waals surface area contributed by atoms with Crippen molar-refractivity contribution in [1.82, 2.24) is 19.7 Å². The van der Waals surface area contributed by atoms with Crippen LogP contribution in [0.1, 0.15) is 62.6 Å². The molecule has 0 atom stereocenters. The summed E-state index contributed by atoms with van der Waals surface area (Å²) in [7, 11) is 0. The van der Waals surface area contributed by atoms with Crippen LogP contribution in [0, 0.1) is 0 Å². The molecule has 0 spiro atoms. The molecule has 0 N–H and O–H groups in total. The molecule has 2 rings (SSSR count). The molecule has 0 aliphatic heterocycles. The van der Waals surface area contributed by atoms with Gasteiger partial charge < -0.3 is 9.64 Å². The Bertz CT molecular complexity index is 891. The van der Waals surface area contributed by atoms with Gasteiger partial charge in [-0.15, -0.1) is 0 Å². The minimum absolute atomic E-state index is 0.00500. The fourth-order valence-corrected chi connectivity index (χ4v) is 2.84. The fraction of sp³-hybridized carbons (Fsp3) is 0.579. The monoisotopic (exact) mass is 414 g/mol. The average molecular weight is 414 g/mol. The van der Waals surface area contributed by atoms with E-state index in [-0.39, 0.29) is 24.1 Å². The molecule has 0 saturated carbocycles. The van der Waals surface area contributed by atoms with E-state index in [2.05, 4.69) is 10.1 Å². The van der Waals surface area contributed by atoms with Crippen LogP contribution in [0.25, 0.3) is 11.0 Å². The second-order valence-corrected chi connectivity index (χ2v) is 7.25. The first-order valence-corrected chi connectivity index (χ1v) is 9.34.